The largest absolute Gasteiger partial charge is 0.393 e. The molecule has 0 saturated carbocycles. The number of rotatable bonds is 5. The summed E-state index contributed by atoms with van der Waals surface area (Å²) in [5.41, 5.74) is 5.32. The van der Waals surface area contributed by atoms with Crippen LogP contribution in [0.15, 0.2) is 0 Å². The standard InChI is InChI=1S/C7H15N5O/c1-5(13)3-2-4-9-7-10-6(8)11-12-7/h5,13H,2-4H2,1H3,(H4,8,9,10,11,12). The number of anilines is 2. The maximum absolute atomic E-state index is 8.97. The lowest BCUT2D eigenvalue weighted by atomic mass is 10.2. The number of aliphatic hydroxyl groups is 1. The van der Waals surface area contributed by atoms with Crippen LogP contribution in [0.4, 0.5) is 11.9 Å². The zero-order chi connectivity index (χ0) is 9.68. The normalized spacial score (nSPS) is 12.8. The van der Waals surface area contributed by atoms with Gasteiger partial charge in [-0.25, -0.2) is 5.10 Å². The highest BCUT2D eigenvalue weighted by atomic mass is 16.3. The molecule has 0 spiro atoms. The average Bonchev–Trinajstić information content (AvgIpc) is 2.45. The predicted octanol–water partition coefficient (Wildman–Crippen LogP) is -0.0402. The molecule has 1 unspecified atom stereocenters. The van der Waals surface area contributed by atoms with Crippen molar-refractivity contribution in [3.05, 3.63) is 0 Å². The smallest absolute Gasteiger partial charge is 0.243 e. The summed E-state index contributed by atoms with van der Waals surface area (Å²) in [6.45, 7) is 2.51. The van der Waals surface area contributed by atoms with E-state index in [0.29, 0.717) is 11.9 Å². The van der Waals surface area contributed by atoms with Crippen molar-refractivity contribution in [2.24, 2.45) is 0 Å². The Morgan fingerprint density at radius 1 is 1.69 bits per heavy atom. The lowest BCUT2D eigenvalue weighted by Gasteiger charge is -2.03. The highest BCUT2D eigenvalue weighted by Gasteiger charge is 1.99. The quantitative estimate of drug-likeness (QED) is 0.482. The monoisotopic (exact) mass is 185 g/mol. The number of aliphatic hydroxyl groups excluding tert-OH is 1. The van der Waals surface area contributed by atoms with E-state index in [9.17, 15) is 0 Å². The number of H-pyrrole nitrogens is 1. The van der Waals surface area contributed by atoms with E-state index in [0.717, 1.165) is 19.4 Å². The molecule has 13 heavy (non-hydrogen) atoms. The molecule has 1 aromatic heterocycles. The molecule has 0 aliphatic rings. The zero-order valence-electron chi connectivity index (χ0n) is 7.62. The zero-order valence-corrected chi connectivity index (χ0v) is 7.62. The Kier molecular flexibility index (Phi) is 3.51. The summed E-state index contributed by atoms with van der Waals surface area (Å²) in [6, 6.07) is 0. The summed E-state index contributed by atoms with van der Waals surface area (Å²) in [5.74, 6) is 0.807. The summed E-state index contributed by atoms with van der Waals surface area (Å²) in [6.07, 6.45) is 1.40. The fourth-order valence-corrected chi connectivity index (χ4v) is 0.951. The van der Waals surface area contributed by atoms with Gasteiger partial charge in [-0.05, 0) is 19.8 Å². The third kappa shape index (κ3) is 3.75. The molecule has 5 N–H and O–H groups in total. The number of nitrogens with two attached hydrogens (primary N) is 1. The number of hydrogen-bond acceptors (Lipinski definition) is 5. The van der Waals surface area contributed by atoms with Crippen molar-refractivity contribution in [3.8, 4) is 0 Å². The SMILES string of the molecule is CC(O)CCCNc1n[nH]c(N)n1. The van der Waals surface area contributed by atoms with Crippen LogP contribution in [0.1, 0.15) is 19.8 Å². The van der Waals surface area contributed by atoms with Gasteiger partial charge in [0.25, 0.3) is 0 Å². The molecule has 0 aliphatic heterocycles. The minimum atomic E-state index is -0.251. The fraction of sp³-hybridized carbons (Fsp3) is 0.714. The number of aromatic nitrogens is 3. The molecule has 0 aromatic carbocycles. The summed E-state index contributed by atoms with van der Waals surface area (Å²) in [4.78, 5) is 3.86. The van der Waals surface area contributed by atoms with Gasteiger partial charge in [0.05, 0.1) is 6.10 Å². The van der Waals surface area contributed by atoms with Crippen molar-refractivity contribution in [3.63, 3.8) is 0 Å². The molecule has 0 saturated heterocycles. The molecule has 74 valence electrons. The molecule has 1 rings (SSSR count). The van der Waals surface area contributed by atoms with E-state index in [4.69, 9.17) is 10.8 Å². The fourth-order valence-electron chi connectivity index (χ4n) is 0.951. The average molecular weight is 185 g/mol. The Balaban J connectivity index is 2.13. The van der Waals surface area contributed by atoms with E-state index in [1.54, 1.807) is 6.92 Å². The molecule has 1 heterocycles. The van der Waals surface area contributed by atoms with Crippen LogP contribution in [-0.2, 0) is 0 Å². The molecule has 6 nitrogen and oxygen atoms in total. The Labute approximate surface area is 76.6 Å². The summed E-state index contributed by atoms with van der Waals surface area (Å²) < 4.78 is 0. The summed E-state index contributed by atoms with van der Waals surface area (Å²) in [5, 5.41) is 18.3. The first-order valence-corrected chi connectivity index (χ1v) is 4.28. The predicted molar refractivity (Wildman–Crippen MR) is 50.2 cm³/mol. The van der Waals surface area contributed by atoms with Crippen molar-refractivity contribution in [2.45, 2.75) is 25.9 Å². The van der Waals surface area contributed by atoms with Crippen LogP contribution in [0.2, 0.25) is 0 Å². The molecular formula is C7H15N5O. The van der Waals surface area contributed by atoms with E-state index >= 15 is 0 Å². The van der Waals surface area contributed by atoms with Crippen molar-refractivity contribution in [2.75, 3.05) is 17.6 Å². The maximum atomic E-state index is 8.97. The minimum absolute atomic E-state index is 0.251. The molecule has 0 radical (unpaired) electrons. The number of nitrogen functional groups attached to an aromatic ring is 1. The van der Waals surface area contributed by atoms with Gasteiger partial charge in [-0.1, -0.05) is 0 Å². The van der Waals surface area contributed by atoms with E-state index in [2.05, 4.69) is 20.5 Å². The Morgan fingerprint density at radius 3 is 3.00 bits per heavy atom. The van der Waals surface area contributed by atoms with Gasteiger partial charge in [0.2, 0.25) is 11.9 Å². The molecular weight excluding hydrogens is 170 g/mol. The maximum Gasteiger partial charge on any atom is 0.243 e. The number of nitrogens with one attached hydrogen (secondary N) is 2. The molecule has 0 bridgehead atoms. The van der Waals surface area contributed by atoms with Gasteiger partial charge < -0.3 is 16.2 Å². The first-order valence-electron chi connectivity index (χ1n) is 4.28. The second-order valence-corrected chi connectivity index (χ2v) is 2.96. The number of nitrogens with zero attached hydrogens (tertiary/aromatic N) is 2. The van der Waals surface area contributed by atoms with Crippen molar-refractivity contribution in [1.82, 2.24) is 15.2 Å². The molecule has 0 fully saturated rings. The van der Waals surface area contributed by atoms with Crippen molar-refractivity contribution in [1.29, 1.82) is 0 Å². The number of aromatic amines is 1. The molecule has 0 aliphatic carbocycles. The highest BCUT2D eigenvalue weighted by molar-refractivity contribution is 5.29. The first kappa shape index (κ1) is 9.79. The van der Waals surface area contributed by atoms with Crippen LogP contribution in [0.3, 0.4) is 0 Å². The van der Waals surface area contributed by atoms with Gasteiger partial charge in [0, 0.05) is 6.54 Å². The van der Waals surface area contributed by atoms with Crippen LogP contribution in [0, 0.1) is 0 Å². The molecule has 1 atom stereocenters. The third-order valence-electron chi connectivity index (χ3n) is 1.58. The van der Waals surface area contributed by atoms with Crippen molar-refractivity contribution >= 4 is 11.9 Å². The topological polar surface area (TPSA) is 99.8 Å². The van der Waals surface area contributed by atoms with Crippen LogP contribution in [0.25, 0.3) is 0 Å². The highest BCUT2D eigenvalue weighted by Crippen LogP contribution is 2.00. The summed E-state index contributed by atoms with van der Waals surface area (Å²) in [7, 11) is 0. The Morgan fingerprint density at radius 2 is 2.46 bits per heavy atom. The molecule has 6 heteroatoms. The van der Waals surface area contributed by atoms with Gasteiger partial charge >= 0.3 is 0 Å². The van der Waals surface area contributed by atoms with Gasteiger partial charge in [-0.2, -0.15) is 4.98 Å². The van der Waals surface area contributed by atoms with E-state index < -0.39 is 0 Å². The Hall–Kier alpha value is -1.30. The lowest BCUT2D eigenvalue weighted by Crippen LogP contribution is -2.07. The summed E-state index contributed by atoms with van der Waals surface area (Å²) >= 11 is 0. The second kappa shape index (κ2) is 4.66. The van der Waals surface area contributed by atoms with E-state index in [1.165, 1.54) is 0 Å². The molecule has 1 aromatic rings. The van der Waals surface area contributed by atoms with Crippen LogP contribution in [-0.4, -0.2) is 32.9 Å². The first-order chi connectivity index (χ1) is 6.18. The minimum Gasteiger partial charge on any atom is -0.393 e. The lowest BCUT2D eigenvalue weighted by molar-refractivity contribution is 0.183. The van der Waals surface area contributed by atoms with Crippen LogP contribution >= 0.6 is 0 Å². The van der Waals surface area contributed by atoms with Crippen LogP contribution < -0.4 is 11.1 Å². The number of hydrogen-bond donors (Lipinski definition) is 4. The van der Waals surface area contributed by atoms with Crippen molar-refractivity contribution < 1.29 is 5.11 Å². The van der Waals surface area contributed by atoms with Gasteiger partial charge in [-0.15, -0.1) is 5.10 Å². The second-order valence-electron chi connectivity index (χ2n) is 2.96. The molecule has 0 amide bonds. The van der Waals surface area contributed by atoms with Gasteiger partial charge in [0.15, 0.2) is 0 Å². The van der Waals surface area contributed by atoms with E-state index in [-0.39, 0.29) is 6.10 Å². The third-order valence-corrected chi connectivity index (χ3v) is 1.58. The van der Waals surface area contributed by atoms with Gasteiger partial charge in [0.1, 0.15) is 0 Å². The van der Waals surface area contributed by atoms with Crippen LogP contribution in [0.5, 0.6) is 0 Å². The van der Waals surface area contributed by atoms with E-state index in [1.807, 2.05) is 0 Å². The Bertz CT molecular complexity index is 247. The van der Waals surface area contributed by atoms with Gasteiger partial charge in [-0.3, -0.25) is 0 Å².